The van der Waals surface area contributed by atoms with E-state index in [-0.39, 0.29) is 12.2 Å². The largest absolute Gasteiger partial charge is 0.493 e. The molecule has 9 heteroatoms. The number of hydrogen-bond donors (Lipinski definition) is 0. The zero-order valence-corrected chi connectivity index (χ0v) is 21.4. The summed E-state index contributed by atoms with van der Waals surface area (Å²) in [4.78, 5) is 31.7. The van der Waals surface area contributed by atoms with Crippen LogP contribution in [0.3, 0.4) is 0 Å². The number of fused-ring (bicyclic) bond motifs is 1. The van der Waals surface area contributed by atoms with Crippen LogP contribution in [0.15, 0.2) is 63.5 Å². The Kier molecular flexibility index (Phi) is 7.42. The molecule has 0 saturated heterocycles. The monoisotopic (exact) mass is 512 g/mol. The van der Waals surface area contributed by atoms with Crippen molar-refractivity contribution >= 4 is 35.0 Å². The fourth-order valence-electron chi connectivity index (χ4n) is 3.98. The first-order chi connectivity index (χ1) is 16.9. The van der Waals surface area contributed by atoms with E-state index in [2.05, 4.69) is 4.99 Å². The minimum Gasteiger partial charge on any atom is -0.493 e. The first-order valence-electron chi connectivity index (χ1n) is 11.1. The minimum atomic E-state index is -0.754. The molecule has 1 atom stereocenters. The summed E-state index contributed by atoms with van der Waals surface area (Å²) in [7, 11) is 1.57. The number of aromatic nitrogens is 1. The van der Waals surface area contributed by atoms with Gasteiger partial charge in [-0.2, -0.15) is 0 Å². The molecule has 182 valence electrons. The molecule has 0 spiro atoms. The Hall–Kier alpha value is -3.36. The summed E-state index contributed by atoms with van der Waals surface area (Å²) < 4.78 is 18.3. The second-order valence-electron chi connectivity index (χ2n) is 7.67. The number of rotatable bonds is 7. The maximum atomic E-state index is 13.7. The van der Waals surface area contributed by atoms with Crippen molar-refractivity contribution in [2.24, 2.45) is 4.99 Å². The lowest BCUT2D eigenvalue weighted by atomic mass is 9.96. The van der Waals surface area contributed by atoms with Crippen LogP contribution in [0.2, 0.25) is 5.02 Å². The maximum Gasteiger partial charge on any atom is 0.338 e. The molecule has 1 aliphatic heterocycles. The van der Waals surface area contributed by atoms with Crippen molar-refractivity contribution < 1.29 is 19.0 Å². The van der Waals surface area contributed by atoms with Crippen LogP contribution in [0.25, 0.3) is 6.08 Å². The number of thiazole rings is 1. The van der Waals surface area contributed by atoms with E-state index in [1.54, 1.807) is 51.3 Å². The van der Waals surface area contributed by atoms with Crippen molar-refractivity contribution in [3.8, 4) is 11.5 Å². The highest BCUT2D eigenvalue weighted by Crippen LogP contribution is 2.34. The molecule has 2 heterocycles. The topological polar surface area (TPSA) is 79.1 Å². The minimum absolute atomic E-state index is 0.203. The SMILES string of the molecule is CCOC(=O)C1=C(C)N=c2s/c(=C\c3ccc(OCC)c(OC)c3)c(=O)n2[C@H]1c1ccccc1Cl. The van der Waals surface area contributed by atoms with Crippen LogP contribution in [0.1, 0.15) is 37.9 Å². The van der Waals surface area contributed by atoms with E-state index >= 15 is 0 Å². The van der Waals surface area contributed by atoms with Gasteiger partial charge in [0.2, 0.25) is 0 Å². The number of benzene rings is 2. The Balaban J connectivity index is 1.92. The number of methoxy groups -OCH3 is 1. The number of esters is 1. The van der Waals surface area contributed by atoms with Crippen LogP contribution < -0.4 is 24.4 Å². The van der Waals surface area contributed by atoms with E-state index in [9.17, 15) is 9.59 Å². The molecule has 2 aromatic carbocycles. The van der Waals surface area contributed by atoms with Crippen LogP contribution in [0.4, 0.5) is 0 Å². The highest BCUT2D eigenvalue weighted by atomic mass is 35.5. The van der Waals surface area contributed by atoms with Gasteiger partial charge in [-0.15, -0.1) is 0 Å². The summed E-state index contributed by atoms with van der Waals surface area (Å²) in [5.41, 5.74) is 1.90. The number of nitrogens with zero attached hydrogens (tertiary/aromatic N) is 2. The molecule has 1 aliphatic rings. The van der Waals surface area contributed by atoms with Gasteiger partial charge in [-0.25, -0.2) is 9.79 Å². The first kappa shape index (κ1) is 24.8. The number of carbonyl (C=O) groups excluding carboxylic acids is 1. The Labute approximate surface area is 211 Å². The smallest absolute Gasteiger partial charge is 0.338 e. The van der Waals surface area contributed by atoms with Crippen molar-refractivity contribution in [2.75, 3.05) is 20.3 Å². The summed E-state index contributed by atoms with van der Waals surface area (Å²) in [6.07, 6.45) is 1.77. The van der Waals surface area contributed by atoms with Crippen molar-refractivity contribution in [1.29, 1.82) is 0 Å². The molecule has 0 aliphatic carbocycles. The van der Waals surface area contributed by atoms with Crippen LogP contribution in [-0.4, -0.2) is 30.9 Å². The molecule has 4 rings (SSSR count). The number of ether oxygens (including phenoxy) is 3. The van der Waals surface area contributed by atoms with Gasteiger partial charge in [0.05, 0.1) is 36.1 Å². The number of allylic oxidation sites excluding steroid dienone is 1. The van der Waals surface area contributed by atoms with Gasteiger partial charge in [0, 0.05) is 5.02 Å². The maximum absolute atomic E-state index is 13.7. The summed E-state index contributed by atoms with van der Waals surface area (Å²) in [6, 6.07) is 11.9. The lowest BCUT2D eigenvalue weighted by Crippen LogP contribution is -2.40. The van der Waals surface area contributed by atoms with Gasteiger partial charge >= 0.3 is 5.97 Å². The molecule has 0 radical (unpaired) electrons. The van der Waals surface area contributed by atoms with Crippen LogP contribution in [0, 0.1) is 0 Å². The molecule has 0 N–H and O–H groups in total. The molecule has 0 fully saturated rings. The van der Waals surface area contributed by atoms with Gasteiger partial charge in [-0.05, 0) is 56.2 Å². The summed E-state index contributed by atoms with van der Waals surface area (Å²) >= 11 is 7.78. The number of carbonyl (C=O) groups is 1. The van der Waals surface area contributed by atoms with Gasteiger partial charge in [0.25, 0.3) is 5.56 Å². The lowest BCUT2D eigenvalue weighted by molar-refractivity contribution is -0.139. The normalized spacial score (nSPS) is 15.5. The molecule has 7 nitrogen and oxygen atoms in total. The summed E-state index contributed by atoms with van der Waals surface area (Å²) in [5, 5.41) is 0.444. The average molecular weight is 513 g/mol. The Morgan fingerprint density at radius 3 is 2.63 bits per heavy atom. The zero-order chi connectivity index (χ0) is 25.1. The van der Waals surface area contributed by atoms with E-state index in [1.807, 2.05) is 25.1 Å². The van der Waals surface area contributed by atoms with Crippen LogP contribution in [-0.2, 0) is 9.53 Å². The molecule has 1 aromatic heterocycles. The van der Waals surface area contributed by atoms with Crippen LogP contribution in [0.5, 0.6) is 11.5 Å². The van der Waals surface area contributed by atoms with Crippen LogP contribution >= 0.6 is 22.9 Å². The summed E-state index contributed by atoms with van der Waals surface area (Å²) in [6.45, 7) is 6.09. The quantitative estimate of drug-likeness (QED) is 0.449. The average Bonchev–Trinajstić information content (AvgIpc) is 3.14. The molecular formula is C26H25ClN2O5S. The second-order valence-corrected chi connectivity index (χ2v) is 9.08. The molecule has 0 amide bonds. The fourth-order valence-corrected chi connectivity index (χ4v) is 5.27. The first-order valence-corrected chi connectivity index (χ1v) is 12.3. The summed E-state index contributed by atoms with van der Waals surface area (Å²) in [5.74, 6) is 0.675. The highest BCUT2D eigenvalue weighted by Gasteiger charge is 2.34. The second kappa shape index (κ2) is 10.5. The van der Waals surface area contributed by atoms with Gasteiger partial charge in [0.15, 0.2) is 16.3 Å². The Bertz CT molecular complexity index is 1490. The third kappa shape index (κ3) is 4.76. The van der Waals surface area contributed by atoms with E-state index in [0.29, 0.717) is 49.3 Å². The van der Waals surface area contributed by atoms with Gasteiger partial charge < -0.3 is 14.2 Å². The number of hydrogen-bond acceptors (Lipinski definition) is 7. The molecule has 0 unspecified atom stereocenters. The van der Waals surface area contributed by atoms with Gasteiger partial charge in [-0.3, -0.25) is 9.36 Å². The third-order valence-corrected chi connectivity index (χ3v) is 6.83. The Morgan fingerprint density at radius 2 is 1.94 bits per heavy atom. The predicted molar refractivity (Wildman–Crippen MR) is 136 cm³/mol. The number of halogens is 1. The van der Waals surface area contributed by atoms with Crippen molar-refractivity contribution in [1.82, 2.24) is 4.57 Å². The lowest BCUT2D eigenvalue weighted by Gasteiger charge is -2.25. The Morgan fingerprint density at radius 1 is 1.17 bits per heavy atom. The predicted octanol–water partition coefficient (Wildman–Crippen LogP) is 3.86. The van der Waals surface area contributed by atoms with E-state index in [0.717, 1.165) is 5.56 Å². The van der Waals surface area contributed by atoms with E-state index < -0.39 is 12.0 Å². The fraction of sp³-hybridized carbons (Fsp3) is 0.269. The third-order valence-electron chi connectivity index (χ3n) is 5.50. The highest BCUT2D eigenvalue weighted by molar-refractivity contribution is 7.07. The molecule has 0 bridgehead atoms. The van der Waals surface area contributed by atoms with Crippen molar-refractivity contribution in [2.45, 2.75) is 26.8 Å². The molecule has 3 aromatic rings. The van der Waals surface area contributed by atoms with E-state index in [1.165, 1.54) is 15.9 Å². The standard InChI is InChI=1S/C26H25ClN2O5S/c1-5-33-19-12-11-16(13-20(19)32-4)14-21-24(30)29-23(17-9-7-8-10-18(17)27)22(25(31)34-6-2)15(3)28-26(29)35-21/h7-14,23H,5-6H2,1-4H3/b21-14-/t23-/m0/s1. The van der Waals surface area contributed by atoms with Crippen molar-refractivity contribution in [3.05, 3.63) is 89.6 Å². The molecule has 35 heavy (non-hydrogen) atoms. The van der Waals surface area contributed by atoms with Gasteiger partial charge in [0.1, 0.15) is 6.04 Å². The zero-order valence-electron chi connectivity index (χ0n) is 19.8. The molecular weight excluding hydrogens is 488 g/mol. The van der Waals surface area contributed by atoms with Gasteiger partial charge in [-0.1, -0.05) is 47.2 Å². The van der Waals surface area contributed by atoms with Crippen molar-refractivity contribution in [3.63, 3.8) is 0 Å². The molecule has 0 saturated carbocycles. The van der Waals surface area contributed by atoms with E-state index in [4.69, 9.17) is 25.8 Å².